The van der Waals surface area contributed by atoms with E-state index in [1.165, 1.54) is 17.9 Å². The van der Waals surface area contributed by atoms with Gasteiger partial charge >= 0.3 is 5.97 Å². The Hall–Kier alpha value is -3.34. The van der Waals surface area contributed by atoms with Crippen molar-refractivity contribution in [3.05, 3.63) is 77.9 Å². The molecule has 0 aromatic heterocycles. The van der Waals surface area contributed by atoms with E-state index in [-0.39, 0.29) is 17.2 Å². The standard InChI is InChI=1S/C22H21NO4/c1-15(21(25)23(2)14-16-8-4-3-5-9-16)27-22(26)19-13-12-17-10-6-7-11-18(17)20(19)24/h3-13,15,24H,14H2,1-2H3/t15-/m1/s1. The normalized spacial score (nSPS) is 11.8. The molecule has 138 valence electrons. The molecule has 0 aliphatic carbocycles. The molecule has 0 saturated heterocycles. The molecule has 3 rings (SSSR count). The molecule has 3 aromatic carbocycles. The average Bonchev–Trinajstić information content (AvgIpc) is 2.68. The minimum atomic E-state index is -0.961. The summed E-state index contributed by atoms with van der Waals surface area (Å²) in [5, 5.41) is 11.8. The largest absolute Gasteiger partial charge is 0.506 e. The zero-order valence-electron chi connectivity index (χ0n) is 15.3. The van der Waals surface area contributed by atoms with Gasteiger partial charge in [-0.25, -0.2) is 4.79 Å². The number of ether oxygens (including phenoxy) is 1. The van der Waals surface area contributed by atoms with Gasteiger partial charge in [-0.15, -0.1) is 0 Å². The molecule has 0 radical (unpaired) electrons. The van der Waals surface area contributed by atoms with Gasteiger partial charge in [-0.3, -0.25) is 4.79 Å². The molecular weight excluding hydrogens is 342 g/mol. The number of rotatable bonds is 5. The Bertz CT molecular complexity index is 968. The molecule has 5 nitrogen and oxygen atoms in total. The fourth-order valence-corrected chi connectivity index (χ4v) is 2.94. The van der Waals surface area contributed by atoms with Crippen LogP contribution in [-0.2, 0) is 16.1 Å². The van der Waals surface area contributed by atoms with Gasteiger partial charge in [0.25, 0.3) is 5.91 Å². The van der Waals surface area contributed by atoms with E-state index in [0.29, 0.717) is 11.9 Å². The summed E-state index contributed by atoms with van der Waals surface area (Å²) in [6, 6.07) is 20.0. The van der Waals surface area contributed by atoms with Crippen molar-refractivity contribution in [1.82, 2.24) is 4.90 Å². The summed E-state index contributed by atoms with van der Waals surface area (Å²) in [6.07, 6.45) is -0.961. The summed E-state index contributed by atoms with van der Waals surface area (Å²) in [7, 11) is 1.66. The fourth-order valence-electron chi connectivity index (χ4n) is 2.94. The maximum absolute atomic E-state index is 12.5. The van der Waals surface area contributed by atoms with Crippen LogP contribution in [0.3, 0.4) is 0 Å². The van der Waals surface area contributed by atoms with Crippen LogP contribution in [0.5, 0.6) is 5.75 Å². The minimum absolute atomic E-state index is 0.0408. The smallest absolute Gasteiger partial charge is 0.342 e. The van der Waals surface area contributed by atoms with E-state index in [2.05, 4.69) is 0 Å². The number of carbonyl (C=O) groups is 2. The first-order chi connectivity index (χ1) is 13.0. The molecule has 1 N–H and O–H groups in total. The van der Waals surface area contributed by atoms with Crippen molar-refractivity contribution in [2.24, 2.45) is 0 Å². The van der Waals surface area contributed by atoms with Crippen LogP contribution in [0, 0.1) is 0 Å². The summed E-state index contributed by atoms with van der Waals surface area (Å²) < 4.78 is 5.30. The monoisotopic (exact) mass is 363 g/mol. The van der Waals surface area contributed by atoms with E-state index in [9.17, 15) is 14.7 Å². The van der Waals surface area contributed by atoms with Crippen LogP contribution >= 0.6 is 0 Å². The Kier molecular flexibility index (Phi) is 5.41. The van der Waals surface area contributed by atoms with Crippen molar-refractivity contribution in [2.45, 2.75) is 19.6 Å². The van der Waals surface area contributed by atoms with Crippen LogP contribution in [-0.4, -0.2) is 35.0 Å². The Morgan fingerprint density at radius 3 is 2.41 bits per heavy atom. The summed E-state index contributed by atoms with van der Waals surface area (Å²) in [5.41, 5.74) is 1.03. The molecule has 27 heavy (non-hydrogen) atoms. The highest BCUT2D eigenvalue weighted by atomic mass is 16.5. The summed E-state index contributed by atoms with van der Waals surface area (Å²) in [5.74, 6) is -1.19. The van der Waals surface area contributed by atoms with E-state index < -0.39 is 12.1 Å². The first-order valence-corrected chi connectivity index (χ1v) is 8.68. The van der Waals surface area contributed by atoms with Crippen LogP contribution < -0.4 is 0 Å². The predicted octanol–water partition coefficient (Wildman–Crippen LogP) is 3.75. The molecule has 0 aliphatic heterocycles. The van der Waals surface area contributed by atoms with E-state index in [1.807, 2.05) is 42.5 Å². The summed E-state index contributed by atoms with van der Waals surface area (Å²) in [6.45, 7) is 1.95. The van der Waals surface area contributed by atoms with Crippen molar-refractivity contribution >= 4 is 22.6 Å². The molecule has 0 unspecified atom stereocenters. The number of phenolic OH excluding ortho intramolecular Hbond substituents is 1. The van der Waals surface area contributed by atoms with E-state index >= 15 is 0 Å². The van der Waals surface area contributed by atoms with Gasteiger partial charge in [-0.05, 0) is 23.9 Å². The molecule has 0 heterocycles. The van der Waals surface area contributed by atoms with Gasteiger partial charge in [0, 0.05) is 19.0 Å². The van der Waals surface area contributed by atoms with Gasteiger partial charge < -0.3 is 14.7 Å². The lowest BCUT2D eigenvalue weighted by Gasteiger charge is -2.21. The molecule has 0 saturated carbocycles. The molecule has 0 fully saturated rings. The zero-order chi connectivity index (χ0) is 19.4. The second-order valence-electron chi connectivity index (χ2n) is 6.41. The number of esters is 1. The molecule has 0 aliphatic rings. The highest BCUT2D eigenvalue weighted by molar-refractivity contribution is 6.01. The molecule has 1 amide bonds. The Labute approximate surface area is 157 Å². The summed E-state index contributed by atoms with van der Waals surface area (Å²) >= 11 is 0. The summed E-state index contributed by atoms with van der Waals surface area (Å²) in [4.78, 5) is 26.5. The Morgan fingerprint density at radius 1 is 1.00 bits per heavy atom. The van der Waals surface area contributed by atoms with Crippen molar-refractivity contribution < 1.29 is 19.4 Å². The second kappa shape index (κ2) is 7.91. The molecular formula is C22H21NO4. The number of amides is 1. The van der Waals surface area contributed by atoms with Crippen LogP contribution in [0.4, 0.5) is 0 Å². The maximum atomic E-state index is 12.5. The number of hydrogen-bond donors (Lipinski definition) is 1. The van der Waals surface area contributed by atoms with Crippen LogP contribution in [0.1, 0.15) is 22.8 Å². The van der Waals surface area contributed by atoms with Gasteiger partial charge in [-0.2, -0.15) is 0 Å². The molecule has 5 heteroatoms. The number of hydrogen-bond acceptors (Lipinski definition) is 4. The number of aromatic hydroxyl groups is 1. The SMILES string of the molecule is C[C@@H](OC(=O)c1ccc2ccccc2c1O)C(=O)N(C)Cc1ccccc1. The van der Waals surface area contributed by atoms with Crippen LogP contribution in [0.2, 0.25) is 0 Å². The lowest BCUT2D eigenvalue weighted by molar-refractivity contribution is -0.139. The number of carbonyl (C=O) groups excluding carboxylic acids is 2. The lowest BCUT2D eigenvalue weighted by Crippen LogP contribution is -2.37. The topological polar surface area (TPSA) is 66.8 Å². The zero-order valence-corrected chi connectivity index (χ0v) is 15.3. The lowest BCUT2D eigenvalue weighted by atomic mass is 10.1. The number of benzene rings is 3. The van der Waals surface area contributed by atoms with E-state index in [4.69, 9.17) is 4.74 Å². The van der Waals surface area contributed by atoms with Gasteiger partial charge in [0.05, 0.1) is 0 Å². The molecule has 0 bridgehead atoms. The van der Waals surface area contributed by atoms with Gasteiger partial charge in [0.1, 0.15) is 11.3 Å². The minimum Gasteiger partial charge on any atom is -0.506 e. The van der Waals surface area contributed by atoms with Crippen molar-refractivity contribution in [3.8, 4) is 5.75 Å². The third-order valence-corrected chi connectivity index (χ3v) is 4.39. The van der Waals surface area contributed by atoms with Crippen molar-refractivity contribution in [3.63, 3.8) is 0 Å². The first kappa shape index (κ1) is 18.5. The second-order valence-corrected chi connectivity index (χ2v) is 6.41. The van der Waals surface area contributed by atoms with Crippen LogP contribution in [0.15, 0.2) is 66.7 Å². The third-order valence-electron chi connectivity index (χ3n) is 4.39. The average molecular weight is 363 g/mol. The van der Waals surface area contributed by atoms with Crippen molar-refractivity contribution in [2.75, 3.05) is 7.05 Å². The Morgan fingerprint density at radius 2 is 1.67 bits per heavy atom. The number of fused-ring (bicyclic) bond motifs is 1. The molecule has 3 aromatic rings. The van der Waals surface area contributed by atoms with E-state index in [0.717, 1.165) is 10.9 Å². The molecule has 1 atom stereocenters. The van der Waals surface area contributed by atoms with Gasteiger partial charge in [-0.1, -0.05) is 60.7 Å². The van der Waals surface area contributed by atoms with Gasteiger partial charge in [0.2, 0.25) is 0 Å². The predicted molar refractivity (Wildman–Crippen MR) is 103 cm³/mol. The highest BCUT2D eigenvalue weighted by Gasteiger charge is 2.24. The van der Waals surface area contributed by atoms with E-state index in [1.54, 1.807) is 25.2 Å². The maximum Gasteiger partial charge on any atom is 0.342 e. The number of phenols is 1. The van der Waals surface area contributed by atoms with Gasteiger partial charge in [0.15, 0.2) is 6.10 Å². The highest BCUT2D eigenvalue weighted by Crippen LogP contribution is 2.29. The quantitative estimate of drug-likeness (QED) is 0.701. The fraction of sp³-hybridized carbons (Fsp3) is 0.182. The number of nitrogens with zero attached hydrogens (tertiary/aromatic N) is 1. The van der Waals surface area contributed by atoms with Crippen LogP contribution in [0.25, 0.3) is 10.8 Å². The molecule has 0 spiro atoms. The Balaban J connectivity index is 1.70. The first-order valence-electron chi connectivity index (χ1n) is 8.68. The third kappa shape index (κ3) is 4.08. The number of likely N-dealkylation sites (N-methyl/N-ethyl adjacent to an activating group) is 1. The van der Waals surface area contributed by atoms with Crippen molar-refractivity contribution in [1.29, 1.82) is 0 Å².